The average Bonchev–Trinajstić information content (AvgIpc) is 3.99. The normalized spacial score (nSPS) is 12.0. The first-order valence-corrected chi connectivity index (χ1v) is 20.4. The number of fused-ring (bicyclic) bond motifs is 12. The third kappa shape index (κ3) is 4.79. The lowest BCUT2D eigenvalue weighted by molar-refractivity contribution is 0.670. The van der Waals surface area contributed by atoms with Crippen LogP contribution in [-0.4, -0.2) is 4.57 Å². The van der Waals surface area contributed by atoms with Crippen molar-refractivity contribution in [3.8, 4) is 16.8 Å². The maximum absolute atomic E-state index is 6.84. The summed E-state index contributed by atoms with van der Waals surface area (Å²) in [6.07, 6.45) is 0. The summed E-state index contributed by atoms with van der Waals surface area (Å²) < 4.78 is 16.0. The minimum atomic E-state index is 0.842. The van der Waals surface area contributed by atoms with Gasteiger partial charge in [-0.2, -0.15) is 0 Å². The van der Waals surface area contributed by atoms with Crippen molar-refractivity contribution in [1.82, 2.24) is 4.57 Å². The van der Waals surface area contributed by atoms with Gasteiger partial charge in [0.15, 0.2) is 0 Å². The molecule has 0 spiro atoms. The van der Waals surface area contributed by atoms with Crippen molar-refractivity contribution in [2.75, 3.05) is 4.90 Å². The van der Waals surface area contributed by atoms with E-state index in [2.05, 4.69) is 216 Å². The van der Waals surface area contributed by atoms with Crippen LogP contribution >= 0.6 is 0 Å². The zero-order chi connectivity index (χ0) is 39.3. The molecule has 13 aromatic rings. The fourth-order valence-corrected chi connectivity index (χ4v) is 9.67. The van der Waals surface area contributed by atoms with Gasteiger partial charge in [-0.05, 0) is 89.0 Å². The molecule has 3 heterocycles. The summed E-state index contributed by atoms with van der Waals surface area (Å²) in [6.45, 7) is 0. The maximum atomic E-state index is 6.84. The molecular weight excluding hydrogens is 733 g/mol. The number of rotatable bonds is 5. The topological polar surface area (TPSA) is 34.5 Å². The van der Waals surface area contributed by atoms with Gasteiger partial charge in [0, 0.05) is 54.8 Å². The highest BCUT2D eigenvalue weighted by atomic mass is 16.3. The van der Waals surface area contributed by atoms with Gasteiger partial charge >= 0.3 is 0 Å². The third-order valence-electron chi connectivity index (χ3n) is 12.4. The second-order valence-electron chi connectivity index (χ2n) is 15.6. The number of aromatic nitrogens is 1. The first-order chi connectivity index (χ1) is 29.8. The first kappa shape index (κ1) is 32.9. The number of hydrogen-bond donors (Lipinski definition) is 0. The molecule has 10 aromatic carbocycles. The summed E-state index contributed by atoms with van der Waals surface area (Å²) in [5.74, 6) is 0. The highest BCUT2D eigenvalue weighted by Gasteiger charge is 2.24. The van der Waals surface area contributed by atoms with Gasteiger partial charge in [-0.25, -0.2) is 0 Å². The van der Waals surface area contributed by atoms with E-state index in [0.29, 0.717) is 0 Å². The predicted octanol–water partition coefficient (Wildman–Crippen LogP) is 16.0. The zero-order valence-corrected chi connectivity index (χ0v) is 32.3. The molecule has 3 aromatic heterocycles. The van der Waals surface area contributed by atoms with E-state index in [1.807, 2.05) is 0 Å². The third-order valence-corrected chi connectivity index (χ3v) is 12.4. The van der Waals surface area contributed by atoms with Crippen molar-refractivity contribution in [3.05, 3.63) is 206 Å². The molecule has 0 fully saturated rings. The Labute approximate surface area is 344 Å². The van der Waals surface area contributed by atoms with Gasteiger partial charge in [0.05, 0.1) is 27.8 Å². The van der Waals surface area contributed by atoms with E-state index < -0.39 is 0 Å². The van der Waals surface area contributed by atoms with Gasteiger partial charge in [-0.1, -0.05) is 133 Å². The first-order valence-electron chi connectivity index (χ1n) is 20.4. The highest BCUT2D eigenvalue weighted by molar-refractivity contribution is 6.20. The summed E-state index contributed by atoms with van der Waals surface area (Å²) in [7, 11) is 0. The molecule has 0 radical (unpaired) electrons. The number of hydrogen-bond acceptors (Lipinski definition) is 3. The summed E-state index contributed by atoms with van der Waals surface area (Å²) in [4.78, 5) is 2.40. The van der Waals surface area contributed by atoms with Crippen LogP contribution in [-0.2, 0) is 0 Å². The van der Waals surface area contributed by atoms with Crippen molar-refractivity contribution in [3.63, 3.8) is 0 Å². The van der Waals surface area contributed by atoms with E-state index in [-0.39, 0.29) is 0 Å². The number of benzene rings is 10. The van der Waals surface area contributed by atoms with Crippen LogP contribution in [0.5, 0.6) is 0 Å². The van der Waals surface area contributed by atoms with E-state index in [1.54, 1.807) is 0 Å². The molecule has 60 heavy (non-hydrogen) atoms. The molecule has 0 atom stereocenters. The van der Waals surface area contributed by atoms with Crippen molar-refractivity contribution in [1.29, 1.82) is 0 Å². The van der Waals surface area contributed by atoms with Crippen LogP contribution in [0.1, 0.15) is 0 Å². The molecule has 0 unspecified atom stereocenters. The van der Waals surface area contributed by atoms with Gasteiger partial charge in [-0.15, -0.1) is 0 Å². The quantitative estimate of drug-likeness (QED) is 0.175. The predicted molar refractivity (Wildman–Crippen MR) is 250 cm³/mol. The lowest BCUT2D eigenvalue weighted by atomic mass is 9.98. The van der Waals surface area contributed by atoms with Crippen LogP contribution in [0.15, 0.2) is 215 Å². The number of anilines is 3. The largest absolute Gasteiger partial charge is 0.455 e. The molecule has 0 aliphatic heterocycles. The van der Waals surface area contributed by atoms with E-state index in [1.165, 1.54) is 27.2 Å². The minimum Gasteiger partial charge on any atom is -0.455 e. The minimum absolute atomic E-state index is 0.842. The number of furan rings is 2. The average molecular weight is 767 g/mol. The standard InChI is InChI=1S/C56H34N2O2/c1-2-15-37-34-53-47(33-36(37)14-1)45-21-11-20-44(56(45)60-53)43-19-7-10-24-50(43)58(51-25-12-26-52-54(51)46-32-27-35-13-3-4-16-40(35)55(46)59-52)39-30-28-38(29-31-39)57-48-22-8-5-17-41(48)42-18-6-9-23-49(42)57/h1-34H. The smallest absolute Gasteiger partial charge is 0.143 e. The Balaban J connectivity index is 1.06. The van der Waals surface area contributed by atoms with Gasteiger partial charge in [0.2, 0.25) is 0 Å². The molecular formula is C56H34N2O2. The lowest BCUT2D eigenvalue weighted by Crippen LogP contribution is -2.12. The molecule has 13 rings (SSSR count). The molecule has 0 N–H and O–H groups in total. The molecule has 0 aliphatic rings. The summed E-state index contributed by atoms with van der Waals surface area (Å²) in [5.41, 5.74) is 12.1. The molecule has 0 saturated heterocycles. The van der Waals surface area contributed by atoms with Crippen LogP contribution in [0.3, 0.4) is 0 Å². The van der Waals surface area contributed by atoms with Crippen molar-refractivity contribution in [2.45, 2.75) is 0 Å². The Kier molecular flexibility index (Phi) is 6.98. The molecule has 0 aliphatic carbocycles. The molecule has 4 nitrogen and oxygen atoms in total. The van der Waals surface area contributed by atoms with Crippen molar-refractivity contribution in [2.24, 2.45) is 0 Å². The fraction of sp³-hybridized carbons (Fsp3) is 0. The fourth-order valence-electron chi connectivity index (χ4n) is 9.67. The summed E-state index contributed by atoms with van der Waals surface area (Å²) in [6, 6.07) is 73.7. The molecule has 4 heteroatoms. The second-order valence-corrected chi connectivity index (χ2v) is 15.6. The Morgan fingerprint density at radius 2 is 0.950 bits per heavy atom. The summed E-state index contributed by atoms with van der Waals surface area (Å²) in [5, 5.41) is 11.4. The Morgan fingerprint density at radius 3 is 1.75 bits per heavy atom. The van der Waals surface area contributed by atoms with Gasteiger partial charge < -0.3 is 18.3 Å². The second kappa shape index (κ2) is 12.7. The number of nitrogens with zero attached hydrogens (tertiary/aromatic N) is 2. The van der Waals surface area contributed by atoms with Crippen LogP contribution in [0.4, 0.5) is 17.1 Å². The van der Waals surface area contributed by atoms with E-state index >= 15 is 0 Å². The Hall–Kier alpha value is -8.08. The highest BCUT2D eigenvalue weighted by Crippen LogP contribution is 2.48. The van der Waals surface area contributed by atoms with Gasteiger partial charge in [0.1, 0.15) is 22.3 Å². The molecule has 0 bridgehead atoms. The van der Waals surface area contributed by atoms with E-state index in [9.17, 15) is 0 Å². The Bertz CT molecular complexity index is 3790. The summed E-state index contributed by atoms with van der Waals surface area (Å²) >= 11 is 0. The van der Waals surface area contributed by atoms with Crippen LogP contribution < -0.4 is 4.90 Å². The monoisotopic (exact) mass is 766 g/mol. The van der Waals surface area contributed by atoms with Gasteiger partial charge in [0.25, 0.3) is 0 Å². The van der Waals surface area contributed by atoms with Crippen molar-refractivity contribution >= 4 is 104 Å². The molecule has 0 amide bonds. The number of para-hydroxylation sites is 4. The van der Waals surface area contributed by atoms with E-state index in [0.717, 1.165) is 93.9 Å². The Morgan fingerprint density at radius 1 is 0.350 bits per heavy atom. The van der Waals surface area contributed by atoms with Crippen molar-refractivity contribution < 1.29 is 8.83 Å². The van der Waals surface area contributed by atoms with Crippen LogP contribution in [0, 0.1) is 0 Å². The zero-order valence-electron chi connectivity index (χ0n) is 32.3. The van der Waals surface area contributed by atoms with Gasteiger partial charge in [-0.3, -0.25) is 0 Å². The molecule has 0 saturated carbocycles. The van der Waals surface area contributed by atoms with E-state index in [4.69, 9.17) is 8.83 Å². The molecule has 280 valence electrons. The van der Waals surface area contributed by atoms with Crippen LogP contribution in [0.2, 0.25) is 0 Å². The SMILES string of the molecule is c1ccc(N(c2ccc(-n3c4ccccc4c4ccccc43)cc2)c2cccc3oc4c5ccccc5ccc4c23)c(-c2cccc3c2oc2cc4ccccc4cc23)c1. The maximum Gasteiger partial charge on any atom is 0.143 e. The lowest BCUT2D eigenvalue weighted by Gasteiger charge is -2.28. The van der Waals surface area contributed by atoms with Crippen LogP contribution in [0.25, 0.3) is 104 Å².